The maximum atomic E-state index is 12.8. The zero-order chi connectivity index (χ0) is 18.8. The van der Waals surface area contributed by atoms with E-state index in [4.69, 9.17) is 16.3 Å². The third kappa shape index (κ3) is 4.43. The fourth-order valence-electron chi connectivity index (χ4n) is 2.55. The monoisotopic (exact) mass is 382 g/mol. The number of ether oxygens (including phenoxy) is 1. The van der Waals surface area contributed by atoms with Crippen LogP contribution < -0.4 is 14.8 Å². The van der Waals surface area contributed by atoms with Gasteiger partial charge in [-0.2, -0.15) is 0 Å². The summed E-state index contributed by atoms with van der Waals surface area (Å²) in [5.41, 5.74) is 1.79. The third-order valence-electron chi connectivity index (χ3n) is 3.47. The Balaban J connectivity index is 2.45. The number of hydrogen-bond donors (Lipinski definition) is 2. The van der Waals surface area contributed by atoms with Gasteiger partial charge in [0.25, 0.3) is 10.0 Å². The molecular formula is C17H19ClN2O4S. The lowest BCUT2D eigenvalue weighted by Crippen LogP contribution is -2.17. The van der Waals surface area contributed by atoms with Gasteiger partial charge < -0.3 is 10.1 Å². The summed E-state index contributed by atoms with van der Waals surface area (Å²) in [6, 6.07) is 7.92. The van der Waals surface area contributed by atoms with Crippen LogP contribution in [-0.2, 0) is 14.8 Å². The van der Waals surface area contributed by atoms with Crippen LogP contribution in [0.4, 0.5) is 11.4 Å². The molecule has 0 aromatic heterocycles. The summed E-state index contributed by atoms with van der Waals surface area (Å²) >= 11 is 6.08. The average Bonchev–Trinajstić information content (AvgIpc) is 2.47. The Labute approximate surface area is 152 Å². The number of halogens is 1. The minimum atomic E-state index is -3.87. The van der Waals surface area contributed by atoms with E-state index in [1.807, 2.05) is 0 Å². The van der Waals surface area contributed by atoms with E-state index in [1.165, 1.54) is 20.1 Å². The van der Waals surface area contributed by atoms with Crippen LogP contribution in [0.5, 0.6) is 5.75 Å². The van der Waals surface area contributed by atoms with Crippen LogP contribution in [0, 0.1) is 13.8 Å². The first-order valence-electron chi connectivity index (χ1n) is 7.39. The van der Waals surface area contributed by atoms with Crippen LogP contribution in [0.15, 0.2) is 35.2 Å². The zero-order valence-corrected chi connectivity index (χ0v) is 15.9. The molecular weight excluding hydrogens is 364 g/mol. The van der Waals surface area contributed by atoms with Gasteiger partial charge in [-0.25, -0.2) is 8.42 Å². The minimum Gasteiger partial charge on any atom is -0.497 e. The number of benzene rings is 2. The van der Waals surface area contributed by atoms with Crippen molar-refractivity contribution in [1.29, 1.82) is 0 Å². The summed E-state index contributed by atoms with van der Waals surface area (Å²) in [4.78, 5) is 11.3. The maximum absolute atomic E-state index is 12.8. The highest BCUT2D eigenvalue weighted by molar-refractivity contribution is 7.92. The number of anilines is 2. The summed E-state index contributed by atoms with van der Waals surface area (Å²) in [7, 11) is -2.39. The molecule has 0 atom stereocenters. The van der Waals surface area contributed by atoms with Crippen molar-refractivity contribution in [3.05, 3.63) is 46.5 Å². The molecule has 0 unspecified atom stereocenters. The van der Waals surface area contributed by atoms with Gasteiger partial charge in [0.05, 0.1) is 22.7 Å². The number of nitrogens with one attached hydrogen (secondary N) is 2. The van der Waals surface area contributed by atoms with Crippen LogP contribution >= 0.6 is 11.6 Å². The second-order valence-electron chi connectivity index (χ2n) is 5.57. The van der Waals surface area contributed by atoms with Gasteiger partial charge in [0.2, 0.25) is 5.91 Å². The highest BCUT2D eigenvalue weighted by atomic mass is 35.5. The number of hydrogen-bond acceptors (Lipinski definition) is 4. The van der Waals surface area contributed by atoms with Crippen LogP contribution in [0.25, 0.3) is 0 Å². The molecule has 0 fully saturated rings. The number of sulfonamides is 1. The summed E-state index contributed by atoms with van der Waals surface area (Å²) in [6.45, 7) is 4.72. The van der Waals surface area contributed by atoms with Gasteiger partial charge in [0, 0.05) is 18.7 Å². The lowest BCUT2D eigenvalue weighted by atomic mass is 10.1. The quantitative estimate of drug-likeness (QED) is 0.825. The average molecular weight is 383 g/mol. The molecule has 25 heavy (non-hydrogen) atoms. The molecule has 0 saturated heterocycles. The topological polar surface area (TPSA) is 84.5 Å². The number of carbonyl (C=O) groups excluding carboxylic acids is 1. The molecule has 8 heteroatoms. The number of rotatable bonds is 5. The Morgan fingerprint density at radius 2 is 1.72 bits per heavy atom. The van der Waals surface area contributed by atoms with Gasteiger partial charge in [-0.1, -0.05) is 11.6 Å². The normalized spacial score (nSPS) is 11.1. The molecule has 0 radical (unpaired) electrons. The standard InChI is InChI=1S/C17H19ClN2O4S/c1-10-7-13(19-12(3)21)8-11(2)17(10)25(22,23)20-16-9-14(24-4)5-6-15(16)18/h5-9,20H,1-4H3,(H,19,21). The highest BCUT2D eigenvalue weighted by Gasteiger charge is 2.22. The molecule has 2 aromatic rings. The molecule has 2 N–H and O–H groups in total. The highest BCUT2D eigenvalue weighted by Crippen LogP contribution is 2.31. The lowest BCUT2D eigenvalue weighted by Gasteiger charge is -2.16. The van der Waals surface area contributed by atoms with Gasteiger partial charge in [-0.3, -0.25) is 9.52 Å². The predicted molar refractivity (Wildman–Crippen MR) is 99.0 cm³/mol. The van der Waals surface area contributed by atoms with Crippen molar-refractivity contribution in [3.63, 3.8) is 0 Å². The Morgan fingerprint density at radius 3 is 2.24 bits per heavy atom. The second kappa shape index (κ2) is 7.33. The maximum Gasteiger partial charge on any atom is 0.262 e. The van der Waals surface area contributed by atoms with Crippen LogP contribution in [0.3, 0.4) is 0 Å². The molecule has 2 rings (SSSR count). The first kappa shape index (κ1) is 19.1. The second-order valence-corrected chi connectivity index (χ2v) is 7.60. The number of carbonyl (C=O) groups is 1. The van der Waals surface area contributed by atoms with Crippen LogP contribution in [0.1, 0.15) is 18.1 Å². The van der Waals surface area contributed by atoms with Gasteiger partial charge >= 0.3 is 0 Å². The molecule has 0 bridgehead atoms. The third-order valence-corrected chi connectivity index (χ3v) is 5.47. The van der Waals surface area contributed by atoms with Crippen molar-refractivity contribution in [2.45, 2.75) is 25.7 Å². The smallest absolute Gasteiger partial charge is 0.262 e. The van der Waals surface area contributed by atoms with Gasteiger partial charge in [0.1, 0.15) is 5.75 Å². The number of amides is 1. The Morgan fingerprint density at radius 1 is 1.12 bits per heavy atom. The van der Waals surface area contributed by atoms with Crippen molar-refractivity contribution in [3.8, 4) is 5.75 Å². The van der Waals surface area contributed by atoms with Crippen LogP contribution in [0.2, 0.25) is 5.02 Å². The predicted octanol–water partition coefficient (Wildman–Crippen LogP) is 3.72. The molecule has 0 heterocycles. The fourth-order valence-corrected chi connectivity index (χ4v) is 4.30. The van der Waals surface area contributed by atoms with Crippen molar-refractivity contribution in [2.24, 2.45) is 0 Å². The van der Waals surface area contributed by atoms with Crippen LogP contribution in [-0.4, -0.2) is 21.4 Å². The molecule has 0 aliphatic heterocycles. The van der Waals surface area contributed by atoms with E-state index in [0.29, 0.717) is 22.6 Å². The summed E-state index contributed by atoms with van der Waals surface area (Å²) < 4.78 is 33.3. The summed E-state index contributed by atoms with van der Waals surface area (Å²) in [5, 5.41) is 2.91. The number of methoxy groups -OCH3 is 1. The molecule has 1 amide bonds. The Kier molecular flexibility index (Phi) is 5.59. The van der Waals surface area contributed by atoms with Gasteiger partial charge in [-0.15, -0.1) is 0 Å². The molecule has 0 spiro atoms. The summed E-state index contributed by atoms with van der Waals surface area (Å²) in [5.74, 6) is 0.257. The van der Waals surface area contributed by atoms with Gasteiger partial charge in [0.15, 0.2) is 0 Å². The van der Waals surface area contributed by atoms with E-state index in [-0.39, 0.29) is 21.5 Å². The molecule has 134 valence electrons. The fraction of sp³-hybridized carbons (Fsp3) is 0.235. The Hall–Kier alpha value is -2.25. The minimum absolute atomic E-state index is 0.139. The first-order valence-corrected chi connectivity index (χ1v) is 9.25. The van der Waals surface area contributed by atoms with E-state index < -0.39 is 10.0 Å². The molecule has 2 aromatic carbocycles. The van der Waals surface area contributed by atoms with Crippen molar-refractivity contribution >= 4 is 38.9 Å². The first-order chi connectivity index (χ1) is 11.6. The molecule has 0 aliphatic rings. The summed E-state index contributed by atoms with van der Waals surface area (Å²) in [6.07, 6.45) is 0. The zero-order valence-electron chi connectivity index (χ0n) is 14.3. The van der Waals surface area contributed by atoms with E-state index in [9.17, 15) is 13.2 Å². The Bertz CT molecular complexity index is 903. The largest absolute Gasteiger partial charge is 0.497 e. The van der Waals surface area contributed by atoms with E-state index >= 15 is 0 Å². The lowest BCUT2D eigenvalue weighted by molar-refractivity contribution is -0.114. The van der Waals surface area contributed by atoms with Gasteiger partial charge in [-0.05, 0) is 49.2 Å². The van der Waals surface area contributed by atoms with E-state index in [2.05, 4.69) is 10.0 Å². The molecule has 0 saturated carbocycles. The van der Waals surface area contributed by atoms with Crippen molar-refractivity contribution in [2.75, 3.05) is 17.1 Å². The van der Waals surface area contributed by atoms with E-state index in [1.54, 1.807) is 38.1 Å². The number of aryl methyl sites for hydroxylation is 2. The molecule has 0 aliphatic carbocycles. The SMILES string of the molecule is COc1ccc(Cl)c(NS(=O)(=O)c2c(C)cc(NC(C)=O)cc2C)c1. The molecule has 6 nitrogen and oxygen atoms in total. The van der Waals surface area contributed by atoms with Crippen molar-refractivity contribution in [1.82, 2.24) is 0 Å². The van der Waals surface area contributed by atoms with E-state index in [0.717, 1.165) is 0 Å². The van der Waals surface area contributed by atoms with Crippen molar-refractivity contribution < 1.29 is 17.9 Å².